The Morgan fingerprint density at radius 2 is 1.48 bits per heavy atom. The first-order chi connectivity index (χ1) is 21.1. The number of rotatable bonds is 3. The summed E-state index contributed by atoms with van der Waals surface area (Å²) < 4.78 is 11.2. The van der Waals surface area contributed by atoms with Crippen molar-refractivity contribution in [2.24, 2.45) is 11.7 Å². The Kier molecular flexibility index (Phi) is 13.3. The zero-order valence-electron chi connectivity index (χ0n) is 27.4. The average molecular weight is 708 g/mol. The molecule has 15 heteroatoms. The monoisotopic (exact) mass is 707 g/mol. The fourth-order valence-corrected chi connectivity index (χ4v) is 4.71. The highest BCUT2D eigenvalue weighted by molar-refractivity contribution is 9.10. The molecule has 0 bridgehead atoms. The summed E-state index contributed by atoms with van der Waals surface area (Å²) in [6.45, 7) is 13.6. The second kappa shape index (κ2) is 15.9. The number of hydrogen-bond donors (Lipinski definition) is 4. The normalized spacial score (nSPS) is 17.3. The summed E-state index contributed by atoms with van der Waals surface area (Å²) in [6, 6.07) is 10.3. The summed E-state index contributed by atoms with van der Waals surface area (Å²) in [5, 5.41) is 26.3. The highest BCUT2D eigenvalue weighted by Gasteiger charge is 2.38. The number of hydrogen-bond acceptors (Lipinski definition) is 11. The van der Waals surface area contributed by atoms with Crippen LogP contribution in [0.4, 0.5) is 16.2 Å². The number of carbonyl (C=O) groups excluding carboxylic acids is 4. The maximum Gasteiger partial charge on any atom is 0.534 e. The molecule has 2 amide bonds. The van der Waals surface area contributed by atoms with E-state index in [1.807, 2.05) is 31.2 Å². The first-order valence-electron chi connectivity index (χ1n) is 14.6. The Morgan fingerprint density at radius 1 is 0.935 bits per heavy atom. The van der Waals surface area contributed by atoms with Crippen molar-refractivity contribution in [2.75, 3.05) is 10.1 Å². The molecule has 0 aliphatic carbocycles. The first kappa shape index (κ1) is 38.7. The number of aryl methyl sites for hydroxylation is 1. The molecule has 2 unspecified atom stereocenters. The van der Waals surface area contributed by atoms with Crippen LogP contribution in [0.2, 0.25) is 6.82 Å². The van der Waals surface area contributed by atoms with E-state index in [1.54, 1.807) is 53.7 Å². The van der Waals surface area contributed by atoms with Gasteiger partial charge in [0.15, 0.2) is 0 Å². The first-order valence-corrected chi connectivity index (χ1v) is 15.4. The Labute approximate surface area is 277 Å². The van der Waals surface area contributed by atoms with E-state index >= 15 is 0 Å². The molecule has 13 nitrogen and oxygen atoms in total. The zero-order chi connectivity index (χ0) is 35.1. The van der Waals surface area contributed by atoms with E-state index < -0.39 is 54.2 Å². The van der Waals surface area contributed by atoms with Crippen molar-refractivity contribution in [1.29, 1.82) is 0 Å². The number of amides is 2. The van der Waals surface area contributed by atoms with Crippen LogP contribution in [0.25, 0.3) is 0 Å². The van der Waals surface area contributed by atoms with Crippen LogP contribution in [-0.4, -0.2) is 63.6 Å². The quantitative estimate of drug-likeness (QED) is 0.203. The fraction of sp³-hybridized carbons (Fsp3) is 0.484. The van der Waals surface area contributed by atoms with Crippen LogP contribution in [-0.2, 0) is 41.5 Å². The molecule has 46 heavy (non-hydrogen) atoms. The van der Waals surface area contributed by atoms with Crippen molar-refractivity contribution < 1.29 is 48.7 Å². The van der Waals surface area contributed by atoms with E-state index in [9.17, 15) is 24.4 Å². The van der Waals surface area contributed by atoms with Gasteiger partial charge in [-0.15, -0.1) is 5.06 Å². The van der Waals surface area contributed by atoms with Gasteiger partial charge in [-0.05, 0) is 103 Å². The second-order valence-corrected chi connectivity index (χ2v) is 13.8. The van der Waals surface area contributed by atoms with Gasteiger partial charge in [-0.1, -0.05) is 34.1 Å². The van der Waals surface area contributed by atoms with Crippen molar-refractivity contribution >= 4 is 58.4 Å². The Bertz CT molecular complexity index is 1420. The highest BCUT2D eigenvalue weighted by atomic mass is 79.9. The molecule has 2 atom stereocenters. The zero-order valence-corrected chi connectivity index (χ0v) is 29.0. The van der Waals surface area contributed by atoms with Crippen LogP contribution in [0, 0.1) is 12.8 Å². The van der Waals surface area contributed by atoms with Gasteiger partial charge < -0.3 is 25.3 Å². The second-order valence-electron chi connectivity index (χ2n) is 12.9. The van der Waals surface area contributed by atoms with Gasteiger partial charge in [-0.25, -0.2) is 4.79 Å². The lowest BCUT2D eigenvalue weighted by Gasteiger charge is -2.33. The minimum atomic E-state index is -1.17. The van der Waals surface area contributed by atoms with E-state index in [2.05, 4.69) is 15.9 Å². The van der Waals surface area contributed by atoms with E-state index in [-0.39, 0.29) is 6.42 Å². The maximum absolute atomic E-state index is 13.0. The van der Waals surface area contributed by atoms with Crippen LogP contribution >= 0.6 is 15.9 Å². The molecule has 2 aliphatic rings. The summed E-state index contributed by atoms with van der Waals surface area (Å²) in [7, 11) is -1.17. The number of ether oxygens (including phenoxy) is 2. The van der Waals surface area contributed by atoms with Crippen molar-refractivity contribution in [3.8, 4) is 0 Å². The summed E-state index contributed by atoms with van der Waals surface area (Å²) in [5.74, 6) is -2.12. The predicted molar refractivity (Wildman–Crippen MR) is 175 cm³/mol. The highest BCUT2D eigenvalue weighted by Crippen LogP contribution is 2.35. The smallest absolute Gasteiger partial charge is 0.460 e. The Balaban J connectivity index is 0.000000337. The van der Waals surface area contributed by atoms with Crippen LogP contribution < -0.4 is 15.9 Å². The number of nitrogens with zero attached hydrogens (tertiary/aromatic N) is 2. The summed E-state index contributed by atoms with van der Waals surface area (Å²) in [5.41, 5.74) is 7.83. The predicted octanol–water partition coefficient (Wildman–Crippen LogP) is 4.24. The molecule has 5 N–H and O–H groups in total. The standard InChI is InChI=1S/C20H26BrNO6.C10H12N2O2.CH5BO2/c1-19(2,3)26-16(23)10-13-9-12-7-8-14(21)11-15(12)22(17(13)24)28-18(25)27-20(4,5)6;1-6-2-3-7-5-8(11)10(13)12(14)9(7)4-6;1-2(3)4/h7-8,11,13H,9-10H2,1-6H3;2-4,8,14H,5,11H2,1H3;3-4H,1H3. The van der Waals surface area contributed by atoms with Crippen LogP contribution in [0.15, 0.2) is 40.9 Å². The molecule has 4 rings (SSSR count). The van der Waals surface area contributed by atoms with Gasteiger partial charge in [0.25, 0.3) is 11.8 Å². The van der Waals surface area contributed by atoms with Gasteiger partial charge >= 0.3 is 19.2 Å². The van der Waals surface area contributed by atoms with E-state index in [4.69, 9.17) is 30.1 Å². The SMILES string of the molecule is CB(O)O.CC(C)(C)OC(=O)CC1Cc2ccc(Br)cc2N(OC(=O)OC(C)(C)C)C1=O.Cc1ccc2c(c1)N(O)C(=O)C(N)C2. The molecule has 0 spiro atoms. The molecule has 0 aromatic heterocycles. The number of carbonyl (C=O) groups is 4. The molecule has 2 aromatic carbocycles. The molecule has 252 valence electrons. The molecule has 2 heterocycles. The number of nitrogens with two attached hydrogens (primary N) is 1. The van der Waals surface area contributed by atoms with Gasteiger partial charge in [-0.3, -0.25) is 24.4 Å². The summed E-state index contributed by atoms with van der Waals surface area (Å²) in [6.07, 6.45) is -0.273. The lowest BCUT2D eigenvalue weighted by atomic mass is 9.90. The molecule has 0 radical (unpaired) electrons. The van der Waals surface area contributed by atoms with E-state index in [1.165, 1.54) is 6.82 Å². The number of benzene rings is 2. The van der Waals surface area contributed by atoms with Crippen molar-refractivity contribution in [3.63, 3.8) is 0 Å². The van der Waals surface area contributed by atoms with E-state index in [0.29, 0.717) is 29.3 Å². The number of fused-ring (bicyclic) bond motifs is 2. The Hall–Kier alpha value is -3.50. The Morgan fingerprint density at radius 3 is 2.04 bits per heavy atom. The minimum Gasteiger partial charge on any atom is -0.460 e. The number of halogens is 1. The molecule has 2 aliphatic heterocycles. The maximum atomic E-state index is 13.0. The molecular formula is C31H43BBrN3O10. The lowest BCUT2D eigenvalue weighted by molar-refractivity contribution is -0.157. The molecule has 2 aromatic rings. The van der Waals surface area contributed by atoms with Gasteiger partial charge in [0.05, 0.1) is 29.8 Å². The van der Waals surface area contributed by atoms with Crippen LogP contribution in [0.3, 0.4) is 0 Å². The summed E-state index contributed by atoms with van der Waals surface area (Å²) >= 11 is 3.36. The molecule has 0 saturated heterocycles. The number of esters is 1. The van der Waals surface area contributed by atoms with E-state index in [0.717, 1.165) is 26.2 Å². The van der Waals surface area contributed by atoms with Gasteiger partial charge in [0.2, 0.25) is 0 Å². The van der Waals surface area contributed by atoms with Crippen LogP contribution in [0.1, 0.15) is 64.7 Å². The third-order valence-corrected chi connectivity index (χ3v) is 6.60. The molecule has 0 fully saturated rings. The van der Waals surface area contributed by atoms with Crippen molar-refractivity contribution in [1.82, 2.24) is 0 Å². The third-order valence-electron chi connectivity index (χ3n) is 6.11. The number of hydroxylamine groups is 2. The number of anilines is 2. The molecule has 0 saturated carbocycles. The van der Waals surface area contributed by atoms with Gasteiger partial charge in [0, 0.05) is 4.47 Å². The average Bonchev–Trinajstić information content (AvgIpc) is 2.88. The third kappa shape index (κ3) is 12.0. The van der Waals surface area contributed by atoms with Crippen molar-refractivity contribution in [2.45, 2.75) is 91.8 Å². The topological polar surface area (TPSA) is 189 Å². The lowest BCUT2D eigenvalue weighted by Crippen LogP contribution is -2.47. The fourth-order valence-electron chi connectivity index (χ4n) is 4.36. The molecular weight excluding hydrogens is 665 g/mol. The largest absolute Gasteiger partial charge is 0.534 e. The summed E-state index contributed by atoms with van der Waals surface area (Å²) in [4.78, 5) is 53.9. The minimum absolute atomic E-state index is 0.111. The van der Waals surface area contributed by atoms with Crippen molar-refractivity contribution in [3.05, 3.63) is 57.6 Å². The van der Waals surface area contributed by atoms with Gasteiger partial charge in [-0.2, -0.15) is 5.06 Å². The van der Waals surface area contributed by atoms with Crippen LogP contribution in [0.5, 0.6) is 0 Å². The van der Waals surface area contributed by atoms with Gasteiger partial charge in [0.1, 0.15) is 11.2 Å².